The molecular formula is C13H14N2O3. The Hall–Kier alpha value is -2.14. The molecule has 0 saturated carbocycles. The Kier molecular flexibility index (Phi) is 3.16. The molecule has 0 bridgehead atoms. The molecule has 1 unspecified atom stereocenters. The number of ketones is 1. The number of Topliss-reactive ketones (excluding diaryl/α,β-unsaturated/α-hetero) is 1. The highest BCUT2D eigenvalue weighted by Crippen LogP contribution is 2.21. The van der Waals surface area contributed by atoms with Gasteiger partial charge in [0.15, 0.2) is 5.78 Å². The number of hydrogen-bond donors (Lipinski definition) is 2. The van der Waals surface area contributed by atoms with E-state index in [1.807, 2.05) is 35.9 Å². The lowest BCUT2D eigenvalue weighted by molar-refractivity contribution is -0.137. The highest BCUT2D eigenvalue weighted by Gasteiger charge is 2.22. The van der Waals surface area contributed by atoms with E-state index in [-0.39, 0.29) is 12.2 Å². The molecule has 0 spiro atoms. The number of carbonyl (C=O) groups excluding carboxylic acids is 1. The number of para-hydroxylation sites is 1. The standard InChI is InChI=1S/C13H14N2O3/c1-15-7-9(8-4-2-3-5-11(8)15)13(18)10(14)6-12(16)17/h2-5,7,10H,6,14H2,1H3,(H,16,17). The number of aromatic nitrogens is 1. The summed E-state index contributed by atoms with van der Waals surface area (Å²) in [5.41, 5.74) is 7.00. The first-order valence-corrected chi connectivity index (χ1v) is 5.56. The van der Waals surface area contributed by atoms with Crippen molar-refractivity contribution in [1.29, 1.82) is 0 Å². The van der Waals surface area contributed by atoms with Crippen LogP contribution in [0.4, 0.5) is 0 Å². The third-order valence-electron chi connectivity index (χ3n) is 2.89. The van der Waals surface area contributed by atoms with Crippen molar-refractivity contribution in [2.45, 2.75) is 12.5 Å². The molecule has 2 rings (SSSR count). The highest BCUT2D eigenvalue weighted by molar-refractivity contribution is 6.11. The van der Waals surface area contributed by atoms with Crippen LogP contribution in [-0.2, 0) is 11.8 Å². The van der Waals surface area contributed by atoms with Crippen molar-refractivity contribution in [2.75, 3.05) is 0 Å². The van der Waals surface area contributed by atoms with Crippen molar-refractivity contribution < 1.29 is 14.7 Å². The van der Waals surface area contributed by atoms with Gasteiger partial charge in [-0.2, -0.15) is 0 Å². The predicted octanol–water partition coefficient (Wildman–Crippen LogP) is 1.16. The number of hydrogen-bond acceptors (Lipinski definition) is 3. The van der Waals surface area contributed by atoms with E-state index in [4.69, 9.17) is 10.8 Å². The van der Waals surface area contributed by atoms with Crippen LogP contribution in [0.3, 0.4) is 0 Å². The van der Waals surface area contributed by atoms with Crippen LogP contribution in [-0.4, -0.2) is 27.5 Å². The maximum atomic E-state index is 12.1. The Labute approximate surface area is 104 Å². The van der Waals surface area contributed by atoms with Crippen molar-refractivity contribution in [3.8, 4) is 0 Å². The minimum atomic E-state index is -1.07. The second-order valence-corrected chi connectivity index (χ2v) is 4.24. The molecule has 0 fully saturated rings. The van der Waals surface area contributed by atoms with Crippen LogP contribution in [0, 0.1) is 0 Å². The number of benzene rings is 1. The van der Waals surface area contributed by atoms with Gasteiger partial charge in [-0.1, -0.05) is 18.2 Å². The van der Waals surface area contributed by atoms with Crippen molar-refractivity contribution in [2.24, 2.45) is 12.8 Å². The molecule has 18 heavy (non-hydrogen) atoms. The van der Waals surface area contributed by atoms with Crippen molar-refractivity contribution >= 4 is 22.7 Å². The number of carbonyl (C=O) groups is 2. The van der Waals surface area contributed by atoms with Crippen LogP contribution in [0.15, 0.2) is 30.5 Å². The maximum Gasteiger partial charge on any atom is 0.305 e. The first kappa shape index (κ1) is 12.3. The van der Waals surface area contributed by atoms with Gasteiger partial charge in [-0.05, 0) is 6.07 Å². The zero-order valence-corrected chi connectivity index (χ0v) is 9.96. The fraction of sp³-hybridized carbons (Fsp3) is 0.231. The molecule has 2 aromatic rings. The topological polar surface area (TPSA) is 85.3 Å². The first-order chi connectivity index (χ1) is 8.50. The molecule has 94 valence electrons. The number of nitrogens with zero attached hydrogens (tertiary/aromatic N) is 1. The average Bonchev–Trinajstić information content (AvgIpc) is 2.66. The van der Waals surface area contributed by atoms with Crippen molar-refractivity contribution in [3.05, 3.63) is 36.0 Å². The van der Waals surface area contributed by atoms with Gasteiger partial charge >= 0.3 is 5.97 Å². The van der Waals surface area contributed by atoms with Gasteiger partial charge in [-0.25, -0.2) is 0 Å². The summed E-state index contributed by atoms with van der Waals surface area (Å²) >= 11 is 0. The molecule has 1 atom stereocenters. The van der Waals surface area contributed by atoms with E-state index in [1.54, 1.807) is 6.20 Å². The van der Waals surface area contributed by atoms with Gasteiger partial charge in [-0.15, -0.1) is 0 Å². The minimum Gasteiger partial charge on any atom is -0.481 e. The van der Waals surface area contributed by atoms with E-state index >= 15 is 0 Å². The Morgan fingerprint density at radius 3 is 2.72 bits per heavy atom. The SMILES string of the molecule is Cn1cc(C(=O)C(N)CC(=O)O)c2ccccc21. The second-order valence-electron chi connectivity index (χ2n) is 4.24. The van der Waals surface area contributed by atoms with Gasteiger partial charge in [0.05, 0.1) is 12.5 Å². The normalized spacial score (nSPS) is 12.6. The van der Waals surface area contributed by atoms with Gasteiger partial charge in [0.2, 0.25) is 0 Å². The highest BCUT2D eigenvalue weighted by atomic mass is 16.4. The summed E-state index contributed by atoms with van der Waals surface area (Å²) in [5.74, 6) is -1.41. The first-order valence-electron chi connectivity index (χ1n) is 5.56. The molecule has 1 heterocycles. The molecule has 5 nitrogen and oxygen atoms in total. The van der Waals surface area contributed by atoms with Gasteiger partial charge in [-0.3, -0.25) is 9.59 Å². The Balaban J connectivity index is 2.42. The summed E-state index contributed by atoms with van der Waals surface area (Å²) in [6.45, 7) is 0. The quantitative estimate of drug-likeness (QED) is 0.793. The Morgan fingerprint density at radius 2 is 2.06 bits per heavy atom. The van der Waals surface area contributed by atoms with Crippen LogP contribution >= 0.6 is 0 Å². The number of aliphatic carboxylic acids is 1. The van der Waals surface area contributed by atoms with E-state index in [0.717, 1.165) is 10.9 Å². The molecule has 0 radical (unpaired) electrons. The molecule has 0 aliphatic carbocycles. The monoisotopic (exact) mass is 246 g/mol. The largest absolute Gasteiger partial charge is 0.481 e. The molecular weight excluding hydrogens is 232 g/mol. The maximum absolute atomic E-state index is 12.1. The van der Waals surface area contributed by atoms with Crippen molar-refractivity contribution in [1.82, 2.24) is 4.57 Å². The Bertz CT molecular complexity index is 616. The van der Waals surface area contributed by atoms with E-state index in [0.29, 0.717) is 5.56 Å². The molecule has 0 aliphatic heterocycles. The van der Waals surface area contributed by atoms with Crippen LogP contribution < -0.4 is 5.73 Å². The average molecular weight is 246 g/mol. The fourth-order valence-corrected chi connectivity index (χ4v) is 2.02. The van der Waals surface area contributed by atoms with Crippen LogP contribution in [0.25, 0.3) is 10.9 Å². The Morgan fingerprint density at radius 1 is 1.39 bits per heavy atom. The van der Waals surface area contributed by atoms with Crippen LogP contribution in [0.1, 0.15) is 16.8 Å². The summed E-state index contributed by atoms with van der Waals surface area (Å²) in [4.78, 5) is 22.7. The smallest absolute Gasteiger partial charge is 0.305 e. The summed E-state index contributed by atoms with van der Waals surface area (Å²) in [6.07, 6.45) is 1.33. The molecule has 0 amide bonds. The molecule has 0 aliphatic rings. The molecule has 3 N–H and O–H groups in total. The van der Waals surface area contributed by atoms with Gasteiger partial charge in [0.1, 0.15) is 0 Å². The molecule has 5 heteroatoms. The number of fused-ring (bicyclic) bond motifs is 1. The third kappa shape index (κ3) is 2.12. The van der Waals surface area contributed by atoms with Crippen LogP contribution in [0.2, 0.25) is 0 Å². The zero-order chi connectivity index (χ0) is 13.3. The minimum absolute atomic E-state index is 0.339. The number of nitrogens with two attached hydrogens (primary N) is 1. The van der Waals surface area contributed by atoms with Crippen molar-refractivity contribution in [3.63, 3.8) is 0 Å². The number of carboxylic acid groups (broad SMARTS) is 1. The lowest BCUT2D eigenvalue weighted by Gasteiger charge is -2.06. The van der Waals surface area contributed by atoms with E-state index < -0.39 is 12.0 Å². The lowest BCUT2D eigenvalue weighted by Crippen LogP contribution is -2.32. The van der Waals surface area contributed by atoms with E-state index in [2.05, 4.69) is 0 Å². The summed E-state index contributed by atoms with van der Waals surface area (Å²) < 4.78 is 1.83. The van der Waals surface area contributed by atoms with Crippen LogP contribution in [0.5, 0.6) is 0 Å². The van der Waals surface area contributed by atoms with Gasteiger partial charge < -0.3 is 15.4 Å². The number of aryl methyl sites for hydroxylation is 1. The predicted molar refractivity (Wildman–Crippen MR) is 67.5 cm³/mol. The van der Waals surface area contributed by atoms with Gasteiger partial charge in [0.25, 0.3) is 0 Å². The molecule has 0 saturated heterocycles. The summed E-state index contributed by atoms with van der Waals surface area (Å²) in [5, 5.41) is 9.46. The molecule has 1 aromatic carbocycles. The van der Waals surface area contributed by atoms with Gasteiger partial charge in [0, 0.05) is 29.7 Å². The molecule has 1 aromatic heterocycles. The van der Waals surface area contributed by atoms with E-state index in [9.17, 15) is 9.59 Å². The number of carboxylic acids is 1. The lowest BCUT2D eigenvalue weighted by atomic mass is 10.0. The zero-order valence-electron chi connectivity index (χ0n) is 9.96. The second kappa shape index (κ2) is 4.62. The third-order valence-corrected chi connectivity index (χ3v) is 2.89. The summed E-state index contributed by atoms with van der Waals surface area (Å²) in [7, 11) is 1.84. The summed E-state index contributed by atoms with van der Waals surface area (Å²) in [6, 6.07) is 6.44. The number of rotatable bonds is 4. The van der Waals surface area contributed by atoms with E-state index in [1.165, 1.54) is 0 Å². The fourth-order valence-electron chi connectivity index (χ4n) is 2.02.